The topological polar surface area (TPSA) is 49.4 Å². The highest BCUT2D eigenvalue weighted by Gasteiger charge is 2.33. The van der Waals surface area contributed by atoms with Crippen molar-refractivity contribution >= 4 is 17.5 Å². The van der Waals surface area contributed by atoms with Crippen LogP contribution in [0.25, 0.3) is 0 Å². The summed E-state index contributed by atoms with van der Waals surface area (Å²) < 4.78 is 0. The normalized spacial score (nSPS) is 14.1. The van der Waals surface area contributed by atoms with Crippen LogP contribution < -0.4 is 5.32 Å². The maximum atomic E-state index is 12.9. The molecule has 0 aliphatic carbocycles. The van der Waals surface area contributed by atoms with Gasteiger partial charge in [0.15, 0.2) is 0 Å². The van der Waals surface area contributed by atoms with E-state index in [1.807, 2.05) is 57.2 Å². The second-order valence-electron chi connectivity index (χ2n) is 6.99. The third-order valence-electron chi connectivity index (χ3n) is 4.01. The SMILES string of the molecule is CC(C)(C)N1CC(=O)Nc2ccc(C#Cc3ccccc3)cc2C1=O. The van der Waals surface area contributed by atoms with Gasteiger partial charge in [-0.15, -0.1) is 0 Å². The average Bonchev–Trinajstić information content (AvgIpc) is 2.70. The predicted molar refractivity (Wildman–Crippen MR) is 98.3 cm³/mol. The molecule has 25 heavy (non-hydrogen) atoms. The van der Waals surface area contributed by atoms with Gasteiger partial charge in [-0.05, 0) is 51.1 Å². The fourth-order valence-electron chi connectivity index (χ4n) is 2.67. The van der Waals surface area contributed by atoms with Gasteiger partial charge in [0, 0.05) is 16.7 Å². The average molecular weight is 332 g/mol. The van der Waals surface area contributed by atoms with Crippen molar-refractivity contribution in [3.63, 3.8) is 0 Å². The molecule has 1 heterocycles. The molecule has 2 aromatic carbocycles. The molecule has 2 aromatic rings. The van der Waals surface area contributed by atoms with Crippen LogP contribution in [0, 0.1) is 11.8 Å². The van der Waals surface area contributed by atoms with Crippen molar-refractivity contribution in [2.75, 3.05) is 11.9 Å². The van der Waals surface area contributed by atoms with Crippen LogP contribution in [0.3, 0.4) is 0 Å². The number of carbonyl (C=O) groups is 2. The summed E-state index contributed by atoms with van der Waals surface area (Å²) in [4.78, 5) is 26.6. The number of carbonyl (C=O) groups excluding carboxylic acids is 2. The molecule has 0 atom stereocenters. The number of nitrogens with zero attached hydrogens (tertiary/aromatic N) is 1. The molecule has 4 heteroatoms. The number of amides is 2. The number of hydrogen-bond acceptors (Lipinski definition) is 2. The van der Waals surface area contributed by atoms with E-state index in [1.165, 1.54) is 0 Å². The van der Waals surface area contributed by atoms with E-state index < -0.39 is 5.54 Å². The van der Waals surface area contributed by atoms with Gasteiger partial charge in [0.1, 0.15) is 6.54 Å². The van der Waals surface area contributed by atoms with Crippen molar-refractivity contribution in [1.29, 1.82) is 0 Å². The van der Waals surface area contributed by atoms with Crippen molar-refractivity contribution in [3.05, 3.63) is 65.2 Å². The summed E-state index contributed by atoms with van der Waals surface area (Å²) in [6.07, 6.45) is 0. The third-order valence-corrected chi connectivity index (χ3v) is 4.01. The van der Waals surface area contributed by atoms with E-state index in [9.17, 15) is 9.59 Å². The summed E-state index contributed by atoms with van der Waals surface area (Å²) in [6, 6.07) is 15.0. The molecule has 0 spiro atoms. The summed E-state index contributed by atoms with van der Waals surface area (Å²) >= 11 is 0. The monoisotopic (exact) mass is 332 g/mol. The lowest BCUT2D eigenvalue weighted by Gasteiger charge is -2.33. The number of rotatable bonds is 0. The molecule has 1 N–H and O–H groups in total. The highest BCUT2D eigenvalue weighted by molar-refractivity contribution is 6.09. The van der Waals surface area contributed by atoms with Crippen molar-refractivity contribution in [3.8, 4) is 11.8 Å². The van der Waals surface area contributed by atoms with E-state index in [0.29, 0.717) is 11.3 Å². The van der Waals surface area contributed by atoms with E-state index in [4.69, 9.17) is 0 Å². The first-order valence-corrected chi connectivity index (χ1v) is 8.17. The van der Waals surface area contributed by atoms with Gasteiger partial charge in [-0.1, -0.05) is 30.0 Å². The molecular weight excluding hydrogens is 312 g/mol. The van der Waals surface area contributed by atoms with Crippen LogP contribution in [0.15, 0.2) is 48.5 Å². The minimum atomic E-state index is -0.443. The molecule has 0 radical (unpaired) electrons. The Bertz CT molecular complexity index is 884. The van der Waals surface area contributed by atoms with Gasteiger partial charge in [-0.3, -0.25) is 9.59 Å². The number of benzene rings is 2. The van der Waals surface area contributed by atoms with Crippen LogP contribution in [0.4, 0.5) is 5.69 Å². The Hall–Kier alpha value is -3.06. The highest BCUT2D eigenvalue weighted by atomic mass is 16.2. The van der Waals surface area contributed by atoms with Crippen LogP contribution >= 0.6 is 0 Å². The van der Waals surface area contributed by atoms with E-state index >= 15 is 0 Å². The van der Waals surface area contributed by atoms with Gasteiger partial charge in [0.05, 0.1) is 11.3 Å². The summed E-state index contributed by atoms with van der Waals surface area (Å²) in [5.74, 6) is 5.82. The van der Waals surface area contributed by atoms with Gasteiger partial charge in [0.25, 0.3) is 5.91 Å². The zero-order valence-electron chi connectivity index (χ0n) is 14.6. The molecule has 0 aromatic heterocycles. The van der Waals surface area contributed by atoms with Gasteiger partial charge in [-0.2, -0.15) is 0 Å². The maximum absolute atomic E-state index is 12.9. The van der Waals surface area contributed by atoms with E-state index in [-0.39, 0.29) is 18.4 Å². The van der Waals surface area contributed by atoms with Crippen LogP contribution in [-0.2, 0) is 4.79 Å². The molecule has 2 amide bonds. The van der Waals surface area contributed by atoms with E-state index in [2.05, 4.69) is 17.2 Å². The highest BCUT2D eigenvalue weighted by Crippen LogP contribution is 2.26. The molecule has 0 unspecified atom stereocenters. The summed E-state index contributed by atoms with van der Waals surface area (Å²) in [5.41, 5.74) is 2.21. The Morgan fingerprint density at radius 2 is 1.64 bits per heavy atom. The second kappa shape index (κ2) is 6.45. The molecule has 0 fully saturated rings. The molecular formula is C21H20N2O2. The lowest BCUT2D eigenvalue weighted by atomic mass is 10.0. The Kier molecular flexibility index (Phi) is 4.33. The van der Waals surface area contributed by atoms with Crippen molar-refractivity contribution in [1.82, 2.24) is 4.90 Å². The zero-order chi connectivity index (χ0) is 18.0. The Morgan fingerprint density at radius 3 is 2.32 bits per heavy atom. The maximum Gasteiger partial charge on any atom is 0.256 e. The number of fused-ring (bicyclic) bond motifs is 1. The Labute approximate surface area is 147 Å². The molecule has 0 saturated carbocycles. The van der Waals surface area contributed by atoms with Crippen molar-refractivity contribution < 1.29 is 9.59 Å². The minimum absolute atomic E-state index is 0.0437. The quantitative estimate of drug-likeness (QED) is 0.753. The molecule has 0 bridgehead atoms. The van der Waals surface area contributed by atoms with Crippen LogP contribution in [0.2, 0.25) is 0 Å². The van der Waals surface area contributed by atoms with Gasteiger partial charge >= 0.3 is 0 Å². The lowest BCUT2D eigenvalue weighted by molar-refractivity contribution is -0.117. The molecule has 4 nitrogen and oxygen atoms in total. The van der Waals surface area contributed by atoms with Crippen molar-refractivity contribution in [2.45, 2.75) is 26.3 Å². The van der Waals surface area contributed by atoms with Gasteiger partial charge < -0.3 is 10.2 Å². The molecule has 126 valence electrons. The number of anilines is 1. The molecule has 1 aliphatic heterocycles. The second-order valence-corrected chi connectivity index (χ2v) is 6.99. The third kappa shape index (κ3) is 3.72. The lowest BCUT2D eigenvalue weighted by Crippen LogP contribution is -2.47. The predicted octanol–water partition coefficient (Wildman–Crippen LogP) is 3.28. The van der Waals surface area contributed by atoms with Crippen LogP contribution in [-0.4, -0.2) is 28.8 Å². The van der Waals surface area contributed by atoms with E-state index in [0.717, 1.165) is 11.1 Å². The Morgan fingerprint density at radius 1 is 0.960 bits per heavy atom. The summed E-state index contributed by atoms with van der Waals surface area (Å²) in [6.45, 7) is 5.80. The Balaban J connectivity index is 2.00. The first-order chi connectivity index (χ1) is 11.8. The zero-order valence-corrected chi connectivity index (χ0v) is 14.6. The van der Waals surface area contributed by atoms with Gasteiger partial charge in [-0.25, -0.2) is 0 Å². The standard InChI is InChI=1S/C21H20N2O2/c1-21(2,3)23-14-19(24)22-18-12-11-16(13-17(18)20(23)25)10-9-15-7-5-4-6-8-15/h4-8,11-13H,14H2,1-3H3,(H,22,24). The summed E-state index contributed by atoms with van der Waals surface area (Å²) in [5, 5.41) is 2.81. The fourth-order valence-corrected chi connectivity index (χ4v) is 2.67. The molecule has 3 rings (SSSR count). The number of nitrogens with one attached hydrogen (secondary N) is 1. The van der Waals surface area contributed by atoms with E-state index in [1.54, 1.807) is 17.0 Å². The first-order valence-electron chi connectivity index (χ1n) is 8.17. The van der Waals surface area contributed by atoms with Gasteiger partial charge in [0.2, 0.25) is 5.91 Å². The van der Waals surface area contributed by atoms with Crippen LogP contribution in [0.1, 0.15) is 42.3 Å². The minimum Gasteiger partial charge on any atom is -0.324 e. The molecule has 0 saturated heterocycles. The summed E-state index contributed by atoms with van der Waals surface area (Å²) in [7, 11) is 0. The van der Waals surface area contributed by atoms with Crippen LogP contribution in [0.5, 0.6) is 0 Å². The molecule has 1 aliphatic rings. The largest absolute Gasteiger partial charge is 0.324 e. The number of hydrogen-bond donors (Lipinski definition) is 1. The van der Waals surface area contributed by atoms with Crippen molar-refractivity contribution in [2.24, 2.45) is 0 Å². The first kappa shape index (κ1) is 16.8. The fraction of sp³-hybridized carbons (Fsp3) is 0.238. The smallest absolute Gasteiger partial charge is 0.256 e.